The van der Waals surface area contributed by atoms with Crippen LogP contribution in [0.15, 0.2) is 48.5 Å². The molecule has 1 saturated heterocycles. The van der Waals surface area contributed by atoms with Crippen molar-refractivity contribution in [1.82, 2.24) is 0 Å². The van der Waals surface area contributed by atoms with E-state index in [-0.39, 0.29) is 36.7 Å². The molecule has 0 spiro atoms. The minimum absolute atomic E-state index is 0.0614. The summed E-state index contributed by atoms with van der Waals surface area (Å²) in [5.41, 5.74) is 2.88. The van der Waals surface area contributed by atoms with Gasteiger partial charge in [0.2, 0.25) is 17.7 Å². The number of hydrogen-bond acceptors (Lipinski definition) is 4. The third-order valence-corrected chi connectivity index (χ3v) is 5.33. The van der Waals surface area contributed by atoms with Crippen LogP contribution in [0.2, 0.25) is 0 Å². The minimum Gasteiger partial charge on any atom is -0.374 e. The summed E-state index contributed by atoms with van der Waals surface area (Å²) < 4.78 is 0. The van der Waals surface area contributed by atoms with Gasteiger partial charge in [0.25, 0.3) is 0 Å². The van der Waals surface area contributed by atoms with E-state index in [0.29, 0.717) is 24.3 Å². The molecule has 1 fully saturated rings. The normalized spacial score (nSPS) is 18.9. The molecule has 0 saturated carbocycles. The van der Waals surface area contributed by atoms with Crippen LogP contribution in [0, 0.1) is 0 Å². The Morgan fingerprint density at radius 2 is 1.83 bits per heavy atom. The van der Waals surface area contributed by atoms with E-state index < -0.39 is 0 Å². The van der Waals surface area contributed by atoms with Gasteiger partial charge in [-0.2, -0.15) is 0 Å². The average Bonchev–Trinajstić information content (AvgIpc) is 3.08. The largest absolute Gasteiger partial charge is 0.374 e. The maximum Gasteiger partial charge on any atom is 0.246 e. The second-order valence-corrected chi connectivity index (χ2v) is 7.40. The summed E-state index contributed by atoms with van der Waals surface area (Å²) in [6.45, 7) is 2.62. The van der Waals surface area contributed by atoms with Crippen LogP contribution in [0.4, 0.5) is 22.7 Å². The number of amides is 3. The fraction of sp³-hybridized carbons (Fsp3) is 0.318. The Kier molecular flexibility index (Phi) is 5.20. The summed E-state index contributed by atoms with van der Waals surface area (Å²) in [7, 11) is 0. The van der Waals surface area contributed by atoms with Crippen LogP contribution in [-0.4, -0.2) is 36.9 Å². The molecule has 2 heterocycles. The first-order valence-corrected chi connectivity index (χ1v) is 9.89. The lowest BCUT2D eigenvalue weighted by Crippen LogP contribution is -2.42. The van der Waals surface area contributed by atoms with Crippen LogP contribution >= 0.6 is 0 Å². The van der Waals surface area contributed by atoms with Gasteiger partial charge >= 0.3 is 0 Å². The van der Waals surface area contributed by atoms with Gasteiger partial charge in [-0.1, -0.05) is 24.3 Å². The number of para-hydroxylation sites is 4. The molecular formula is C22H24N4O3. The zero-order chi connectivity index (χ0) is 20.4. The SMILES string of the molecule is CC1CC(=O)Nc2ccccc2N1C(=O)CNc1ccccc1N1CCCC1=O. The lowest BCUT2D eigenvalue weighted by atomic mass is 10.1. The number of benzene rings is 2. The third kappa shape index (κ3) is 3.81. The van der Waals surface area contributed by atoms with Gasteiger partial charge in [0.1, 0.15) is 0 Å². The fourth-order valence-corrected chi connectivity index (χ4v) is 3.99. The first-order valence-electron chi connectivity index (χ1n) is 9.89. The van der Waals surface area contributed by atoms with Crippen molar-refractivity contribution in [3.05, 3.63) is 48.5 Å². The van der Waals surface area contributed by atoms with Gasteiger partial charge in [0, 0.05) is 25.4 Å². The Bertz CT molecular complexity index is 959. The number of nitrogens with one attached hydrogen (secondary N) is 2. The van der Waals surface area contributed by atoms with Gasteiger partial charge in [-0.05, 0) is 37.6 Å². The van der Waals surface area contributed by atoms with Gasteiger partial charge < -0.3 is 20.4 Å². The summed E-state index contributed by atoms with van der Waals surface area (Å²) in [4.78, 5) is 40.8. The molecule has 2 aromatic rings. The summed E-state index contributed by atoms with van der Waals surface area (Å²) in [5, 5.41) is 6.07. The van der Waals surface area contributed by atoms with Crippen LogP contribution in [0.3, 0.4) is 0 Å². The van der Waals surface area contributed by atoms with E-state index in [4.69, 9.17) is 0 Å². The number of hydrogen-bond donors (Lipinski definition) is 2. The molecule has 0 radical (unpaired) electrons. The Labute approximate surface area is 169 Å². The predicted molar refractivity (Wildman–Crippen MR) is 113 cm³/mol. The molecule has 7 heteroatoms. The van der Waals surface area contributed by atoms with Gasteiger partial charge in [-0.3, -0.25) is 14.4 Å². The first-order chi connectivity index (χ1) is 14.0. The Balaban J connectivity index is 1.55. The minimum atomic E-state index is -0.261. The summed E-state index contributed by atoms with van der Waals surface area (Å²) in [6, 6.07) is 14.6. The maximum atomic E-state index is 13.1. The highest BCUT2D eigenvalue weighted by molar-refractivity contribution is 6.06. The van der Waals surface area contributed by atoms with E-state index in [0.717, 1.165) is 17.8 Å². The second-order valence-electron chi connectivity index (χ2n) is 7.40. The molecule has 2 aliphatic heterocycles. The zero-order valence-corrected chi connectivity index (χ0v) is 16.4. The van der Waals surface area contributed by atoms with Crippen molar-refractivity contribution < 1.29 is 14.4 Å². The molecule has 7 nitrogen and oxygen atoms in total. The van der Waals surface area contributed by atoms with E-state index in [1.165, 1.54) is 0 Å². The van der Waals surface area contributed by atoms with Crippen LogP contribution in [0.5, 0.6) is 0 Å². The molecule has 4 rings (SSSR count). The standard InChI is InChI=1S/C22H24N4O3/c1-15-13-20(27)24-17-8-3-5-10-19(17)26(15)22(29)14-23-16-7-2-4-9-18(16)25-12-6-11-21(25)28/h2-5,7-10,15,23H,6,11-14H2,1H3,(H,24,27). The molecule has 2 aliphatic rings. The van der Waals surface area contributed by atoms with Crippen molar-refractivity contribution in [2.45, 2.75) is 32.2 Å². The zero-order valence-electron chi connectivity index (χ0n) is 16.4. The van der Waals surface area contributed by atoms with Gasteiger partial charge in [0.05, 0.1) is 29.3 Å². The van der Waals surface area contributed by atoms with E-state index in [2.05, 4.69) is 10.6 Å². The number of carbonyl (C=O) groups excluding carboxylic acids is 3. The van der Waals surface area contributed by atoms with Crippen LogP contribution in [-0.2, 0) is 14.4 Å². The lowest BCUT2D eigenvalue weighted by Gasteiger charge is -2.28. The monoisotopic (exact) mass is 392 g/mol. The van der Waals surface area contributed by atoms with E-state index in [1.54, 1.807) is 15.9 Å². The molecule has 3 amide bonds. The number of fused-ring (bicyclic) bond motifs is 1. The number of anilines is 4. The van der Waals surface area contributed by atoms with Gasteiger partial charge in [-0.15, -0.1) is 0 Å². The Hall–Kier alpha value is -3.35. The lowest BCUT2D eigenvalue weighted by molar-refractivity contribution is -0.118. The molecule has 0 bridgehead atoms. The van der Waals surface area contributed by atoms with E-state index >= 15 is 0 Å². The Morgan fingerprint density at radius 1 is 1.10 bits per heavy atom. The highest BCUT2D eigenvalue weighted by atomic mass is 16.2. The van der Waals surface area contributed by atoms with Crippen LogP contribution < -0.4 is 20.4 Å². The topological polar surface area (TPSA) is 81.8 Å². The van der Waals surface area contributed by atoms with Crippen molar-refractivity contribution in [2.24, 2.45) is 0 Å². The van der Waals surface area contributed by atoms with Crippen molar-refractivity contribution in [2.75, 3.05) is 33.5 Å². The third-order valence-electron chi connectivity index (χ3n) is 5.33. The maximum absolute atomic E-state index is 13.1. The van der Waals surface area contributed by atoms with E-state index in [1.807, 2.05) is 49.4 Å². The predicted octanol–water partition coefficient (Wildman–Crippen LogP) is 2.99. The molecule has 0 aromatic heterocycles. The highest BCUT2D eigenvalue weighted by Crippen LogP contribution is 2.32. The number of carbonyl (C=O) groups is 3. The van der Waals surface area contributed by atoms with Gasteiger partial charge in [-0.25, -0.2) is 0 Å². The molecule has 0 aliphatic carbocycles. The molecule has 150 valence electrons. The molecule has 29 heavy (non-hydrogen) atoms. The fourth-order valence-electron chi connectivity index (χ4n) is 3.99. The second kappa shape index (κ2) is 7.95. The summed E-state index contributed by atoms with van der Waals surface area (Å²) >= 11 is 0. The number of nitrogens with zero attached hydrogens (tertiary/aromatic N) is 2. The summed E-state index contributed by atoms with van der Waals surface area (Å²) in [6.07, 6.45) is 1.63. The molecule has 2 aromatic carbocycles. The van der Waals surface area contributed by atoms with Crippen LogP contribution in [0.25, 0.3) is 0 Å². The van der Waals surface area contributed by atoms with Crippen LogP contribution in [0.1, 0.15) is 26.2 Å². The quantitative estimate of drug-likeness (QED) is 0.838. The van der Waals surface area contributed by atoms with Crippen molar-refractivity contribution in [3.8, 4) is 0 Å². The smallest absolute Gasteiger partial charge is 0.246 e. The molecular weight excluding hydrogens is 368 g/mol. The first kappa shape index (κ1) is 19.0. The van der Waals surface area contributed by atoms with Crippen molar-refractivity contribution in [3.63, 3.8) is 0 Å². The Morgan fingerprint density at radius 3 is 2.59 bits per heavy atom. The van der Waals surface area contributed by atoms with Gasteiger partial charge in [0.15, 0.2) is 0 Å². The summed E-state index contributed by atoms with van der Waals surface area (Å²) in [5.74, 6) is -0.139. The molecule has 2 N–H and O–H groups in total. The highest BCUT2D eigenvalue weighted by Gasteiger charge is 2.30. The average molecular weight is 392 g/mol. The number of rotatable bonds is 4. The molecule has 1 unspecified atom stereocenters. The van der Waals surface area contributed by atoms with E-state index in [9.17, 15) is 14.4 Å². The van der Waals surface area contributed by atoms with Crippen molar-refractivity contribution in [1.29, 1.82) is 0 Å². The van der Waals surface area contributed by atoms with Crippen molar-refractivity contribution >= 4 is 40.5 Å². The molecule has 1 atom stereocenters.